The van der Waals surface area contributed by atoms with Crippen LogP contribution in [0.15, 0.2) is 23.4 Å². The van der Waals surface area contributed by atoms with Crippen LogP contribution >= 0.6 is 0 Å². The number of benzene rings is 1. The van der Waals surface area contributed by atoms with Crippen LogP contribution in [0.25, 0.3) is 0 Å². The van der Waals surface area contributed by atoms with Crippen molar-refractivity contribution in [1.29, 1.82) is 0 Å². The van der Waals surface area contributed by atoms with Crippen molar-refractivity contribution in [2.24, 2.45) is 5.16 Å². The number of hydrogen-bond donors (Lipinski definition) is 1. The molecule has 1 amide bonds. The molecule has 0 saturated carbocycles. The minimum Gasteiger partial charge on any atom is -0.411 e. The Balaban J connectivity index is 2.15. The molecule has 0 radical (unpaired) electrons. The fraction of sp³-hybridized carbons (Fsp3) is 0.333. The second-order valence-corrected chi connectivity index (χ2v) is 4.08. The van der Waals surface area contributed by atoms with Crippen LogP contribution in [0.4, 0.5) is 8.78 Å². The molecule has 0 unspecified atom stereocenters. The predicted molar refractivity (Wildman–Crippen MR) is 60.7 cm³/mol. The van der Waals surface area contributed by atoms with E-state index < -0.39 is 17.5 Å². The Hall–Kier alpha value is -1.98. The highest BCUT2D eigenvalue weighted by molar-refractivity contribution is 5.96. The molecule has 1 aromatic carbocycles. The van der Waals surface area contributed by atoms with Gasteiger partial charge in [0.15, 0.2) is 0 Å². The number of piperidine rings is 1. The number of halogens is 2. The maximum absolute atomic E-state index is 13.4. The van der Waals surface area contributed by atoms with Gasteiger partial charge in [-0.3, -0.25) is 4.79 Å². The summed E-state index contributed by atoms with van der Waals surface area (Å²) in [6.45, 7) is 0.683. The van der Waals surface area contributed by atoms with Crippen molar-refractivity contribution in [3.05, 3.63) is 35.4 Å². The Kier molecular flexibility index (Phi) is 3.55. The first-order valence-electron chi connectivity index (χ1n) is 5.56. The van der Waals surface area contributed by atoms with Gasteiger partial charge in [0, 0.05) is 25.9 Å². The number of likely N-dealkylation sites (tertiary alicyclic amines) is 1. The number of amides is 1. The molecular weight excluding hydrogens is 242 g/mol. The van der Waals surface area contributed by atoms with Crippen molar-refractivity contribution < 1.29 is 18.8 Å². The van der Waals surface area contributed by atoms with Crippen molar-refractivity contribution in [3.8, 4) is 0 Å². The van der Waals surface area contributed by atoms with Gasteiger partial charge in [-0.05, 0) is 18.2 Å². The van der Waals surface area contributed by atoms with Gasteiger partial charge in [-0.15, -0.1) is 0 Å². The molecule has 1 aliphatic rings. The summed E-state index contributed by atoms with van der Waals surface area (Å²) in [5.41, 5.74) is 0.346. The van der Waals surface area contributed by atoms with Crippen LogP contribution in [-0.4, -0.2) is 34.8 Å². The van der Waals surface area contributed by atoms with Gasteiger partial charge in [0.25, 0.3) is 5.91 Å². The maximum Gasteiger partial charge on any atom is 0.256 e. The lowest BCUT2D eigenvalue weighted by atomic mass is 10.1. The number of carbonyl (C=O) groups is 1. The molecule has 4 nitrogen and oxygen atoms in total. The van der Waals surface area contributed by atoms with Crippen LogP contribution < -0.4 is 0 Å². The number of nitrogens with zero attached hydrogens (tertiary/aromatic N) is 2. The van der Waals surface area contributed by atoms with E-state index in [0.717, 1.165) is 18.2 Å². The Morgan fingerprint density at radius 1 is 1.28 bits per heavy atom. The predicted octanol–water partition coefficient (Wildman–Crippen LogP) is 2.03. The molecule has 0 aliphatic carbocycles. The smallest absolute Gasteiger partial charge is 0.256 e. The van der Waals surface area contributed by atoms with E-state index in [1.54, 1.807) is 0 Å². The van der Waals surface area contributed by atoms with Crippen LogP contribution in [0, 0.1) is 11.6 Å². The molecule has 2 rings (SSSR count). The van der Waals surface area contributed by atoms with E-state index in [-0.39, 0.29) is 5.56 Å². The van der Waals surface area contributed by atoms with Crippen molar-refractivity contribution in [3.63, 3.8) is 0 Å². The van der Waals surface area contributed by atoms with Crippen LogP contribution in [0.1, 0.15) is 23.2 Å². The van der Waals surface area contributed by atoms with Crippen LogP contribution in [0.2, 0.25) is 0 Å². The van der Waals surface area contributed by atoms with E-state index in [9.17, 15) is 13.6 Å². The molecule has 1 N–H and O–H groups in total. The van der Waals surface area contributed by atoms with Gasteiger partial charge in [0.2, 0.25) is 0 Å². The molecular formula is C12H12F2N2O2. The van der Waals surface area contributed by atoms with Gasteiger partial charge in [-0.25, -0.2) is 8.78 Å². The van der Waals surface area contributed by atoms with Gasteiger partial charge in [-0.2, -0.15) is 0 Å². The third-order valence-electron chi connectivity index (χ3n) is 2.93. The molecule has 18 heavy (non-hydrogen) atoms. The molecule has 1 saturated heterocycles. The van der Waals surface area contributed by atoms with Crippen LogP contribution in [0.5, 0.6) is 0 Å². The lowest BCUT2D eigenvalue weighted by Crippen LogP contribution is -2.39. The van der Waals surface area contributed by atoms with E-state index in [1.807, 2.05) is 0 Å². The quantitative estimate of drug-likeness (QED) is 0.616. The summed E-state index contributed by atoms with van der Waals surface area (Å²) in [6.07, 6.45) is 0.887. The summed E-state index contributed by atoms with van der Waals surface area (Å²) in [5.74, 6) is -1.92. The summed E-state index contributed by atoms with van der Waals surface area (Å²) in [4.78, 5) is 13.4. The molecule has 1 fully saturated rings. The SMILES string of the molecule is O=C(c1cc(F)ccc1F)N1CCC(=NO)CC1. The van der Waals surface area contributed by atoms with Crippen molar-refractivity contribution in [2.75, 3.05) is 13.1 Å². The van der Waals surface area contributed by atoms with Crippen molar-refractivity contribution in [1.82, 2.24) is 4.90 Å². The third-order valence-corrected chi connectivity index (χ3v) is 2.93. The van der Waals surface area contributed by atoms with Crippen molar-refractivity contribution >= 4 is 11.6 Å². The van der Waals surface area contributed by atoms with E-state index >= 15 is 0 Å². The molecule has 0 atom stereocenters. The Morgan fingerprint density at radius 2 is 1.94 bits per heavy atom. The highest BCUT2D eigenvalue weighted by Gasteiger charge is 2.23. The number of oxime groups is 1. The van der Waals surface area contributed by atoms with Crippen molar-refractivity contribution in [2.45, 2.75) is 12.8 Å². The van der Waals surface area contributed by atoms with E-state index in [4.69, 9.17) is 5.21 Å². The lowest BCUT2D eigenvalue weighted by Gasteiger charge is -2.27. The topological polar surface area (TPSA) is 52.9 Å². The molecule has 96 valence electrons. The zero-order valence-corrected chi connectivity index (χ0v) is 9.57. The first-order valence-corrected chi connectivity index (χ1v) is 5.56. The van der Waals surface area contributed by atoms with Gasteiger partial charge < -0.3 is 10.1 Å². The Labute approximate surface area is 103 Å². The molecule has 6 heteroatoms. The minimum atomic E-state index is -0.733. The van der Waals surface area contributed by atoms with E-state index in [0.29, 0.717) is 31.6 Å². The zero-order valence-electron chi connectivity index (χ0n) is 9.57. The molecule has 1 aliphatic heterocycles. The number of carbonyl (C=O) groups excluding carboxylic acids is 1. The fourth-order valence-electron chi connectivity index (χ4n) is 1.90. The molecule has 0 spiro atoms. The molecule has 1 aromatic rings. The summed E-state index contributed by atoms with van der Waals surface area (Å²) < 4.78 is 26.4. The van der Waals surface area contributed by atoms with Gasteiger partial charge in [0.05, 0.1) is 11.3 Å². The van der Waals surface area contributed by atoms with Crippen LogP contribution in [-0.2, 0) is 0 Å². The zero-order chi connectivity index (χ0) is 13.1. The first kappa shape index (κ1) is 12.5. The average molecular weight is 254 g/mol. The monoisotopic (exact) mass is 254 g/mol. The van der Waals surface area contributed by atoms with Gasteiger partial charge in [0.1, 0.15) is 11.6 Å². The van der Waals surface area contributed by atoms with E-state index in [1.165, 1.54) is 4.90 Å². The molecule has 0 bridgehead atoms. The highest BCUT2D eigenvalue weighted by Crippen LogP contribution is 2.15. The number of rotatable bonds is 1. The summed E-state index contributed by atoms with van der Waals surface area (Å²) in [7, 11) is 0. The summed E-state index contributed by atoms with van der Waals surface area (Å²) in [6, 6.07) is 2.80. The first-order chi connectivity index (χ1) is 8.61. The van der Waals surface area contributed by atoms with Crippen LogP contribution in [0.3, 0.4) is 0 Å². The normalized spacial score (nSPS) is 15.7. The fourth-order valence-corrected chi connectivity index (χ4v) is 1.90. The maximum atomic E-state index is 13.4. The highest BCUT2D eigenvalue weighted by atomic mass is 19.1. The van der Waals surface area contributed by atoms with Gasteiger partial charge in [-0.1, -0.05) is 5.16 Å². The lowest BCUT2D eigenvalue weighted by molar-refractivity contribution is 0.0748. The Bertz CT molecular complexity index is 493. The minimum absolute atomic E-state index is 0.264. The Morgan fingerprint density at radius 3 is 2.56 bits per heavy atom. The summed E-state index contributed by atoms with van der Waals surface area (Å²) >= 11 is 0. The second kappa shape index (κ2) is 5.12. The summed E-state index contributed by atoms with van der Waals surface area (Å²) in [5, 5.41) is 11.7. The average Bonchev–Trinajstić information content (AvgIpc) is 2.41. The van der Waals surface area contributed by atoms with Gasteiger partial charge >= 0.3 is 0 Å². The molecule has 1 heterocycles. The third kappa shape index (κ3) is 2.47. The number of hydrogen-bond acceptors (Lipinski definition) is 3. The second-order valence-electron chi connectivity index (χ2n) is 4.08. The van der Waals surface area contributed by atoms with E-state index in [2.05, 4.69) is 5.16 Å². The molecule has 0 aromatic heterocycles. The largest absolute Gasteiger partial charge is 0.411 e. The standard InChI is InChI=1S/C12H12F2N2O2/c13-8-1-2-11(14)10(7-8)12(17)16-5-3-9(15-18)4-6-16/h1-2,7,18H,3-6H2.